The Morgan fingerprint density at radius 1 is 1.14 bits per heavy atom. The van der Waals surface area contributed by atoms with Crippen LogP contribution in [0.2, 0.25) is 0 Å². The van der Waals surface area contributed by atoms with Crippen molar-refractivity contribution < 1.29 is 18.8 Å². The molecule has 0 N–H and O–H groups in total. The number of hydrogen-bond acceptors (Lipinski definition) is 5. The van der Waals surface area contributed by atoms with E-state index in [1.54, 1.807) is 12.1 Å². The highest BCUT2D eigenvalue weighted by molar-refractivity contribution is 5.99. The van der Waals surface area contributed by atoms with Crippen molar-refractivity contribution in [2.24, 2.45) is 0 Å². The zero-order chi connectivity index (χ0) is 20.3. The highest BCUT2D eigenvalue weighted by atomic mass is 16.5. The molecule has 1 atom stereocenters. The maximum absolute atomic E-state index is 12.7. The van der Waals surface area contributed by atoms with E-state index in [4.69, 9.17) is 9.26 Å². The van der Waals surface area contributed by atoms with Crippen LogP contribution in [0.4, 0.5) is 0 Å². The predicted molar refractivity (Wildman–Crippen MR) is 105 cm³/mol. The Hall–Kier alpha value is -3.15. The third kappa shape index (κ3) is 3.91. The molecule has 1 aromatic carbocycles. The first-order chi connectivity index (χ1) is 13.4. The normalized spacial score (nSPS) is 12.0. The van der Waals surface area contributed by atoms with E-state index in [1.165, 1.54) is 0 Å². The third-order valence-corrected chi connectivity index (χ3v) is 4.82. The first kappa shape index (κ1) is 19.6. The SMILES string of the molecule is CC[C@H](C(=O)OCC(=O)c1cc(C)n(-c2cc(C)on2)c1C)c1ccccc1. The van der Waals surface area contributed by atoms with Gasteiger partial charge in [-0.1, -0.05) is 42.4 Å². The van der Waals surface area contributed by atoms with E-state index in [1.807, 2.05) is 62.6 Å². The van der Waals surface area contributed by atoms with Gasteiger partial charge in [0.15, 0.2) is 12.4 Å². The number of esters is 1. The fraction of sp³-hybridized carbons (Fsp3) is 0.318. The molecule has 0 aliphatic heterocycles. The van der Waals surface area contributed by atoms with Crippen LogP contribution in [0.25, 0.3) is 5.82 Å². The zero-order valence-corrected chi connectivity index (χ0v) is 16.6. The molecule has 0 spiro atoms. The van der Waals surface area contributed by atoms with Gasteiger partial charge in [-0.2, -0.15) is 0 Å². The van der Waals surface area contributed by atoms with Crippen molar-refractivity contribution in [3.05, 3.63) is 70.7 Å². The predicted octanol–water partition coefficient (Wildman–Crippen LogP) is 4.31. The maximum atomic E-state index is 12.7. The van der Waals surface area contributed by atoms with E-state index < -0.39 is 0 Å². The molecule has 146 valence electrons. The number of hydrogen-bond donors (Lipinski definition) is 0. The van der Waals surface area contributed by atoms with E-state index >= 15 is 0 Å². The van der Waals surface area contributed by atoms with Crippen LogP contribution in [0.15, 0.2) is 47.0 Å². The lowest BCUT2D eigenvalue weighted by Gasteiger charge is -2.14. The van der Waals surface area contributed by atoms with Gasteiger partial charge >= 0.3 is 5.97 Å². The molecule has 2 aromatic heterocycles. The highest BCUT2D eigenvalue weighted by Crippen LogP contribution is 2.23. The molecule has 2 heterocycles. The van der Waals surface area contributed by atoms with Gasteiger partial charge in [0.25, 0.3) is 0 Å². The molecule has 0 aliphatic carbocycles. The number of aryl methyl sites for hydroxylation is 2. The van der Waals surface area contributed by atoms with Crippen molar-refractivity contribution in [1.29, 1.82) is 0 Å². The molecule has 0 fully saturated rings. The summed E-state index contributed by atoms with van der Waals surface area (Å²) in [6, 6.07) is 13.0. The molecule has 0 bridgehead atoms. The molecule has 0 saturated heterocycles. The molecule has 28 heavy (non-hydrogen) atoms. The summed E-state index contributed by atoms with van der Waals surface area (Å²) >= 11 is 0. The van der Waals surface area contributed by atoms with Crippen molar-refractivity contribution in [1.82, 2.24) is 9.72 Å². The summed E-state index contributed by atoms with van der Waals surface area (Å²) < 4.78 is 12.3. The molecule has 0 saturated carbocycles. The van der Waals surface area contributed by atoms with E-state index in [-0.39, 0.29) is 24.3 Å². The average molecular weight is 380 g/mol. The van der Waals surface area contributed by atoms with Gasteiger partial charge in [-0.05, 0) is 38.8 Å². The summed E-state index contributed by atoms with van der Waals surface area (Å²) in [5.41, 5.74) is 3.00. The van der Waals surface area contributed by atoms with Crippen molar-refractivity contribution in [3.63, 3.8) is 0 Å². The lowest BCUT2D eigenvalue weighted by atomic mass is 9.97. The van der Waals surface area contributed by atoms with Gasteiger partial charge in [-0.3, -0.25) is 14.2 Å². The Bertz CT molecular complexity index is 985. The Balaban J connectivity index is 1.72. The number of nitrogens with zero attached hydrogens (tertiary/aromatic N) is 2. The van der Waals surface area contributed by atoms with Gasteiger partial charge in [0.2, 0.25) is 5.78 Å². The monoisotopic (exact) mass is 380 g/mol. The summed E-state index contributed by atoms with van der Waals surface area (Å²) in [5, 5.41) is 4.01. The minimum atomic E-state index is -0.386. The molecule has 6 nitrogen and oxygen atoms in total. The lowest BCUT2D eigenvalue weighted by Crippen LogP contribution is -2.20. The fourth-order valence-electron chi connectivity index (χ4n) is 3.40. The van der Waals surface area contributed by atoms with Crippen molar-refractivity contribution in [2.45, 2.75) is 40.0 Å². The van der Waals surface area contributed by atoms with Crippen LogP contribution in [-0.2, 0) is 9.53 Å². The number of benzene rings is 1. The molecule has 3 aromatic rings. The summed E-state index contributed by atoms with van der Waals surface area (Å²) in [5.74, 6) is 0.313. The van der Waals surface area contributed by atoms with Crippen LogP contribution in [0, 0.1) is 20.8 Å². The second-order valence-electron chi connectivity index (χ2n) is 6.82. The summed E-state index contributed by atoms with van der Waals surface area (Å²) in [4.78, 5) is 25.2. The molecule has 0 radical (unpaired) electrons. The second-order valence-corrected chi connectivity index (χ2v) is 6.82. The average Bonchev–Trinajstić information content (AvgIpc) is 3.23. The van der Waals surface area contributed by atoms with Crippen molar-refractivity contribution in [2.75, 3.05) is 6.61 Å². The smallest absolute Gasteiger partial charge is 0.313 e. The standard InChI is InChI=1S/C22H24N2O4/c1-5-18(17-9-7-6-8-10-17)22(26)27-13-20(25)19-11-14(2)24(16(19)4)21-12-15(3)28-23-21/h6-12,18H,5,13H2,1-4H3/t18-/m0/s1. The Labute approximate surface area is 164 Å². The minimum absolute atomic E-state index is 0.240. The van der Waals surface area contributed by atoms with Gasteiger partial charge in [0.1, 0.15) is 5.76 Å². The first-order valence-electron chi connectivity index (χ1n) is 9.29. The second kappa shape index (κ2) is 8.25. The van der Waals surface area contributed by atoms with Crippen molar-refractivity contribution in [3.8, 4) is 5.82 Å². The Kier molecular flexibility index (Phi) is 5.78. The van der Waals surface area contributed by atoms with Crippen LogP contribution >= 0.6 is 0 Å². The molecular weight excluding hydrogens is 356 g/mol. The molecule has 6 heteroatoms. The van der Waals surface area contributed by atoms with Crippen LogP contribution in [0.5, 0.6) is 0 Å². The number of carbonyl (C=O) groups excluding carboxylic acids is 2. The van der Waals surface area contributed by atoms with Gasteiger partial charge < -0.3 is 9.26 Å². The maximum Gasteiger partial charge on any atom is 0.313 e. The van der Waals surface area contributed by atoms with E-state index in [2.05, 4.69) is 5.16 Å². The van der Waals surface area contributed by atoms with Crippen LogP contribution in [0.3, 0.4) is 0 Å². The van der Waals surface area contributed by atoms with Gasteiger partial charge in [0, 0.05) is 23.0 Å². The number of ether oxygens (including phenoxy) is 1. The molecule has 0 aliphatic rings. The van der Waals surface area contributed by atoms with Crippen molar-refractivity contribution >= 4 is 11.8 Å². The van der Waals surface area contributed by atoms with E-state index in [9.17, 15) is 9.59 Å². The van der Waals surface area contributed by atoms with Gasteiger partial charge in [0.05, 0.1) is 5.92 Å². The largest absolute Gasteiger partial charge is 0.457 e. The van der Waals surface area contributed by atoms with Gasteiger partial charge in [-0.25, -0.2) is 0 Å². The minimum Gasteiger partial charge on any atom is -0.457 e. The number of Topliss-reactive ketones (excluding diaryl/α,β-unsaturated/α-hetero) is 1. The first-order valence-corrected chi connectivity index (χ1v) is 9.29. The Morgan fingerprint density at radius 3 is 2.46 bits per heavy atom. The van der Waals surface area contributed by atoms with Crippen LogP contribution < -0.4 is 0 Å². The number of carbonyl (C=O) groups is 2. The van der Waals surface area contributed by atoms with Gasteiger partial charge in [-0.15, -0.1) is 0 Å². The lowest BCUT2D eigenvalue weighted by molar-refractivity contribution is -0.144. The summed E-state index contributed by atoms with van der Waals surface area (Å²) in [7, 11) is 0. The number of aromatic nitrogens is 2. The molecule has 3 rings (SSSR count). The Morgan fingerprint density at radius 2 is 1.86 bits per heavy atom. The third-order valence-electron chi connectivity index (χ3n) is 4.82. The number of ketones is 1. The summed E-state index contributed by atoms with van der Waals surface area (Å²) in [6.07, 6.45) is 0.608. The quantitative estimate of drug-likeness (QED) is 0.451. The summed E-state index contributed by atoms with van der Waals surface area (Å²) in [6.45, 7) is 7.18. The molecule has 0 unspecified atom stereocenters. The molecular formula is C22H24N2O4. The number of rotatable bonds is 7. The highest BCUT2D eigenvalue weighted by Gasteiger charge is 2.23. The van der Waals surface area contributed by atoms with E-state index in [0.29, 0.717) is 23.6 Å². The topological polar surface area (TPSA) is 74.3 Å². The fourth-order valence-corrected chi connectivity index (χ4v) is 3.40. The van der Waals surface area contributed by atoms with Crippen LogP contribution in [-0.4, -0.2) is 28.1 Å². The zero-order valence-electron chi connectivity index (χ0n) is 16.6. The van der Waals surface area contributed by atoms with E-state index in [0.717, 1.165) is 17.0 Å². The van der Waals surface area contributed by atoms with Crippen LogP contribution in [0.1, 0.15) is 52.3 Å². The molecule has 0 amide bonds.